The SMILES string of the molecule is CC(=O)Nc1cccc(S(=O)(=O)N2CCN(c3cc(F)cc4c3CN(C3CCC(=O)NC3=O)C4=O)CC2)c1. The van der Waals surface area contributed by atoms with Crippen LogP contribution in [0.2, 0.25) is 0 Å². The lowest BCUT2D eigenvalue weighted by Gasteiger charge is -2.36. The van der Waals surface area contributed by atoms with Crippen LogP contribution in [0.1, 0.15) is 35.7 Å². The molecule has 3 heterocycles. The van der Waals surface area contributed by atoms with Gasteiger partial charge in [-0.05, 0) is 36.8 Å². The number of nitrogens with one attached hydrogen (secondary N) is 2. The summed E-state index contributed by atoms with van der Waals surface area (Å²) in [7, 11) is -3.84. The van der Waals surface area contributed by atoms with Crippen molar-refractivity contribution in [1.29, 1.82) is 0 Å². The molecule has 3 aliphatic rings. The van der Waals surface area contributed by atoms with E-state index in [4.69, 9.17) is 0 Å². The number of hydrogen-bond donors (Lipinski definition) is 2. The molecule has 2 fully saturated rings. The predicted octanol–water partition coefficient (Wildman–Crippen LogP) is 1.06. The van der Waals surface area contributed by atoms with Crippen molar-refractivity contribution < 1.29 is 32.0 Å². The van der Waals surface area contributed by atoms with Crippen molar-refractivity contribution in [2.75, 3.05) is 36.4 Å². The van der Waals surface area contributed by atoms with E-state index in [9.17, 15) is 32.0 Å². The van der Waals surface area contributed by atoms with Crippen LogP contribution in [-0.4, -0.2) is 73.5 Å². The third-order valence-corrected chi connectivity index (χ3v) is 8.86. The van der Waals surface area contributed by atoms with Crippen LogP contribution in [0.4, 0.5) is 15.8 Å². The number of piperidine rings is 1. The number of carbonyl (C=O) groups is 4. The van der Waals surface area contributed by atoms with E-state index in [2.05, 4.69) is 10.6 Å². The molecule has 2 N–H and O–H groups in total. The summed E-state index contributed by atoms with van der Waals surface area (Å²) in [5, 5.41) is 4.82. The molecule has 2 saturated heterocycles. The zero-order chi connectivity index (χ0) is 27.2. The molecule has 0 aromatic heterocycles. The van der Waals surface area contributed by atoms with Gasteiger partial charge >= 0.3 is 0 Å². The van der Waals surface area contributed by atoms with Gasteiger partial charge < -0.3 is 15.1 Å². The Morgan fingerprint density at radius 2 is 1.82 bits per heavy atom. The number of nitrogens with zero attached hydrogens (tertiary/aromatic N) is 3. The van der Waals surface area contributed by atoms with E-state index >= 15 is 0 Å². The van der Waals surface area contributed by atoms with Gasteiger partial charge in [0.15, 0.2) is 0 Å². The molecule has 4 amide bonds. The Kier molecular flexibility index (Phi) is 6.65. The monoisotopic (exact) mass is 543 g/mol. The van der Waals surface area contributed by atoms with Crippen LogP contribution in [0.5, 0.6) is 0 Å². The van der Waals surface area contributed by atoms with E-state index in [0.29, 0.717) is 16.9 Å². The van der Waals surface area contributed by atoms with Gasteiger partial charge in [-0.25, -0.2) is 12.8 Å². The minimum atomic E-state index is -3.84. The summed E-state index contributed by atoms with van der Waals surface area (Å²) in [6, 6.07) is 7.66. The molecule has 11 nitrogen and oxygen atoms in total. The smallest absolute Gasteiger partial charge is 0.255 e. The van der Waals surface area contributed by atoms with Crippen molar-refractivity contribution in [2.45, 2.75) is 37.2 Å². The van der Waals surface area contributed by atoms with Crippen LogP contribution >= 0.6 is 0 Å². The highest BCUT2D eigenvalue weighted by Gasteiger charge is 2.41. The van der Waals surface area contributed by atoms with Crippen molar-refractivity contribution >= 4 is 45.0 Å². The van der Waals surface area contributed by atoms with Crippen LogP contribution in [0.15, 0.2) is 41.3 Å². The molecule has 2 aromatic carbocycles. The Balaban J connectivity index is 1.34. The number of fused-ring (bicyclic) bond motifs is 1. The van der Waals surface area contributed by atoms with Crippen molar-refractivity contribution in [2.24, 2.45) is 0 Å². The molecule has 200 valence electrons. The molecule has 0 bridgehead atoms. The van der Waals surface area contributed by atoms with Crippen molar-refractivity contribution in [3.05, 3.63) is 53.3 Å². The summed E-state index contributed by atoms with van der Waals surface area (Å²) in [5.41, 5.74) is 1.58. The lowest BCUT2D eigenvalue weighted by molar-refractivity contribution is -0.137. The topological polar surface area (TPSA) is 136 Å². The zero-order valence-corrected chi connectivity index (χ0v) is 21.4. The zero-order valence-electron chi connectivity index (χ0n) is 20.6. The second-order valence-electron chi connectivity index (χ2n) is 9.45. The fourth-order valence-electron chi connectivity index (χ4n) is 5.15. The molecule has 38 heavy (non-hydrogen) atoms. The molecule has 5 rings (SSSR count). The largest absolute Gasteiger partial charge is 0.369 e. The summed E-state index contributed by atoms with van der Waals surface area (Å²) < 4.78 is 42.4. The Labute approximate surface area is 218 Å². The lowest BCUT2D eigenvalue weighted by atomic mass is 10.0. The highest BCUT2D eigenvalue weighted by atomic mass is 32.2. The Morgan fingerprint density at radius 3 is 2.50 bits per heavy atom. The third kappa shape index (κ3) is 4.74. The number of hydrogen-bond acceptors (Lipinski definition) is 7. The van der Waals surface area contributed by atoms with E-state index in [1.54, 1.807) is 12.1 Å². The number of benzene rings is 2. The Bertz CT molecular complexity index is 1450. The van der Waals surface area contributed by atoms with Gasteiger partial charge in [0, 0.05) is 68.6 Å². The van der Waals surface area contributed by atoms with Crippen LogP contribution in [0.3, 0.4) is 0 Å². The average Bonchev–Trinajstić information content (AvgIpc) is 3.19. The predicted molar refractivity (Wildman–Crippen MR) is 134 cm³/mol. The number of halogens is 1. The van der Waals surface area contributed by atoms with E-state index in [0.717, 1.165) is 6.07 Å². The molecule has 2 aromatic rings. The first kappa shape index (κ1) is 25.8. The third-order valence-electron chi connectivity index (χ3n) is 6.97. The lowest BCUT2D eigenvalue weighted by Crippen LogP contribution is -2.52. The van der Waals surface area contributed by atoms with E-state index < -0.39 is 39.6 Å². The van der Waals surface area contributed by atoms with Gasteiger partial charge in [-0.1, -0.05) is 6.07 Å². The summed E-state index contributed by atoms with van der Waals surface area (Å²) in [5.74, 6) is -2.34. The molecule has 0 radical (unpaired) electrons. The molecule has 0 saturated carbocycles. The van der Waals surface area contributed by atoms with Crippen LogP contribution in [0, 0.1) is 5.82 Å². The molecule has 1 atom stereocenters. The van der Waals surface area contributed by atoms with Crippen LogP contribution in [0.25, 0.3) is 0 Å². The van der Waals surface area contributed by atoms with Crippen molar-refractivity contribution in [3.8, 4) is 0 Å². The quantitative estimate of drug-likeness (QED) is 0.538. The number of piperazine rings is 1. The van der Waals surface area contributed by atoms with E-state index in [1.807, 2.05) is 4.90 Å². The first-order valence-electron chi connectivity index (χ1n) is 12.1. The summed E-state index contributed by atoms with van der Waals surface area (Å²) in [4.78, 5) is 51.6. The maximum atomic E-state index is 14.6. The summed E-state index contributed by atoms with van der Waals surface area (Å²) in [6.07, 6.45) is 0.309. The first-order chi connectivity index (χ1) is 18.0. The number of carbonyl (C=O) groups excluding carboxylic acids is 4. The fraction of sp³-hybridized carbons (Fsp3) is 0.360. The van der Waals surface area contributed by atoms with Gasteiger partial charge in [0.2, 0.25) is 27.7 Å². The van der Waals surface area contributed by atoms with Crippen molar-refractivity contribution in [1.82, 2.24) is 14.5 Å². The normalized spacial score (nSPS) is 20.4. The van der Waals surface area contributed by atoms with E-state index in [1.165, 1.54) is 34.3 Å². The van der Waals surface area contributed by atoms with Crippen molar-refractivity contribution in [3.63, 3.8) is 0 Å². The fourth-order valence-corrected chi connectivity index (χ4v) is 6.61. The minimum Gasteiger partial charge on any atom is -0.369 e. The standard InChI is InChI=1S/C25H26FN5O6S/c1-15(32)27-17-3-2-4-18(13-17)38(36,37)30-9-7-29(8-10-30)22-12-16(26)11-19-20(22)14-31(25(19)35)21-5-6-23(33)28-24(21)34/h2-4,11-13,21H,5-10,14H2,1H3,(H,27,32)(H,28,33,34). The van der Waals surface area contributed by atoms with Gasteiger partial charge in [-0.3, -0.25) is 24.5 Å². The van der Waals surface area contributed by atoms with Gasteiger partial charge in [0.1, 0.15) is 11.9 Å². The highest BCUT2D eigenvalue weighted by Crippen LogP contribution is 2.36. The molecular formula is C25H26FN5O6S. The molecule has 13 heteroatoms. The van der Waals surface area contributed by atoms with E-state index in [-0.39, 0.29) is 61.9 Å². The number of amides is 4. The van der Waals surface area contributed by atoms with Gasteiger partial charge in [-0.2, -0.15) is 4.31 Å². The number of anilines is 2. The van der Waals surface area contributed by atoms with Gasteiger partial charge in [-0.15, -0.1) is 0 Å². The maximum Gasteiger partial charge on any atom is 0.255 e. The average molecular weight is 544 g/mol. The number of sulfonamides is 1. The molecule has 0 aliphatic carbocycles. The second-order valence-corrected chi connectivity index (χ2v) is 11.4. The summed E-state index contributed by atoms with van der Waals surface area (Å²) >= 11 is 0. The maximum absolute atomic E-state index is 14.6. The summed E-state index contributed by atoms with van der Waals surface area (Å²) in [6.45, 7) is 2.19. The second kappa shape index (κ2) is 9.80. The molecule has 1 unspecified atom stereocenters. The Hall–Kier alpha value is -3.84. The van der Waals surface area contributed by atoms with Crippen LogP contribution < -0.4 is 15.5 Å². The van der Waals surface area contributed by atoms with Crippen LogP contribution in [-0.2, 0) is 31.0 Å². The minimum absolute atomic E-state index is 0.0503. The first-order valence-corrected chi connectivity index (χ1v) is 13.6. The van der Waals surface area contributed by atoms with Gasteiger partial charge in [0.05, 0.1) is 4.90 Å². The van der Waals surface area contributed by atoms with Gasteiger partial charge in [0.25, 0.3) is 5.91 Å². The molecule has 3 aliphatic heterocycles. The Morgan fingerprint density at radius 1 is 1.08 bits per heavy atom. The highest BCUT2D eigenvalue weighted by molar-refractivity contribution is 7.89. The number of rotatable bonds is 5. The molecule has 0 spiro atoms. The number of imide groups is 1. The molecular weight excluding hydrogens is 517 g/mol.